The van der Waals surface area contributed by atoms with Gasteiger partial charge in [0.2, 0.25) is 5.91 Å². The Morgan fingerprint density at radius 1 is 1.04 bits per heavy atom. The van der Waals surface area contributed by atoms with Crippen molar-refractivity contribution in [2.45, 2.75) is 25.3 Å². The first-order chi connectivity index (χ1) is 13.0. The molecule has 2 amide bonds. The quantitative estimate of drug-likeness (QED) is 0.885. The van der Waals surface area contributed by atoms with Crippen LogP contribution in [0.3, 0.4) is 0 Å². The molecule has 5 nitrogen and oxygen atoms in total. The molecule has 3 rings (SSSR count). The maximum atomic E-state index is 12.6. The molecule has 0 saturated carbocycles. The van der Waals surface area contributed by atoms with Crippen molar-refractivity contribution in [1.82, 2.24) is 9.80 Å². The van der Waals surface area contributed by atoms with Crippen LogP contribution in [0.25, 0.3) is 11.1 Å². The van der Waals surface area contributed by atoms with E-state index < -0.39 is 0 Å². The average molecular weight is 366 g/mol. The van der Waals surface area contributed by atoms with Gasteiger partial charge < -0.3 is 14.9 Å². The van der Waals surface area contributed by atoms with Gasteiger partial charge in [0, 0.05) is 26.2 Å². The van der Waals surface area contributed by atoms with Gasteiger partial charge in [-0.25, -0.2) is 0 Å². The van der Waals surface area contributed by atoms with Crippen molar-refractivity contribution in [3.8, 4) is 11.1 Å². The van der Waals surface area contributed by atoms with Crippen molar-refractivity contribution in [3.63, 3.8) is 0 Å². The lowest BCUT2D eigenvalue weighted by Crippen LogP contribution is -2.37. The number of carbonyl (C=O) groups is 2. The van der Waals surface area contributed by atoms with Crippen LogP contribution in [0.2, 0.25) is 0 Å². The number of hydrogen-bond donors (Lipinski definition) is 1. The zero-order chi connectivity index (χ0) is 19.4. The highest BCUT2D eigenvalue weighted by molar-refractivity contribution is 5.95. The van der Waals surface area contributed by atoms with Crippen molar-refractivity contribution in [2.75, 3.05) is 27.2 Å². The zero-order valence-corrected chi connectivity index (χ0v) is 15.9. The van der Waals surface area contributed by atoms with E-state index >= 15 is 0 Å². The van der Waals surface area contributed by atoms with E-state index in [0.717, 1.165) is 29.5 Å². The molecule has 0 spiro atoms. The van der Waals surface area contributed by atoms with Crippen LogP contribution in [-0.2, 0) is 11.2 Å². The van der Waals surface area contributed by atoms with Crippen LogP contribution in [0, 0.1) is 0 Å². The molecule has 1 aliphatic heterocycles. The lowest BCUT2D eigenvalue weighted by Gasteiger charge is -2.23. The van der Waals surface area contributed by atoms with Gasteiger partial charge in [0.05, 0.1) is 19.1 Å². The van der Waals surface area contributed by atoms with E-state index in [1.165, 1.54) is 0 Å². The number of nitrogens with zero attached hydrogens (tertiary/aromatic N) is 2. The monoisotopic (exact) mass is 366 g/mol. The largest absolute Gasteiger partial charge is 0.394 e. The van der Waals surface area contributed by atoms with Gasteiger partial charge in [-0.05, 0) is 41.7 Å². The van der Waals surface area contributed by atoms with Crippen molar-refractivity contribution < 1.29 is 14.7 Å². The number of amides is 2. The highest BCUT2D eigenvalue weighted by Gasteiger charge is 2.28. The number of likely N-dealkylation sites (N-methyl/N-ethyl adjacent to an activating group) is 1. The third-order valence-electron chi connectivity index (χ3n) is 5.12. The van der Waals surface area contributed by atoms with Gasteiger partial charge in [-0.2, -0.15) is 0 Å². The minimum atomic E-state index is -0.0606. The Morgan fingerprint density at radius 2 is 1.63 bits per heavy atom. The summed E-state index contributed by atoms with van der Waals surface area (Å²) in [4.78, 5) is 27.8. The molecule has 0 bridgehead atoms. The number of rotatable bonds is 5. The van der Waals surface area contributed by atoms with E-state index in [-0.39, 0.29) is 24.5 Å². The third-order valence-corrected chi connectivity index (χ3v) is 5.12. The van der Waals surface area contributed by atoms with Crippen LogP contribution in [0.15, 0.2) is 48.5 Å². The summed E-state index contributed by atoms with van der Waals surface area (Å²) in [5.41, 5.74) is 3.70. The van der Waals surface area contributed by atoms with Gasteiger partial charge in [0.1, 0.15) is 0 Å². The molecule has 0 radical (unpaired) electrons. The Kier molecular flexibility index (Phi) is 5.91. The van der Waals surface area contributed by atoms with Gasteiger partial charge in [-0.3, -0.25) is 9.59 Å². The molecule has 5 heteroatoms. The molecule has 0 aromatic heterocycles. The molecule has 1 heterocycles. The molecule has 1 fully saturated rings. The van der Waals surface area contributed by atoms with Crippen LogP contribution in [0.1, 0.15) is 28.8 Å². The summed E-state index contributed by atoms with van der Waals surface area (Å²) in [7, 11) is 3.51. The molecule has 1 saturated heterocycles. The molecule has 2 aromatic carbocycles. The molecule has 0 unspecified atom stereocenters. The molecule has 142 valence electrons. The number of aliphatic hydroxyl groups excluding tert-OH is 1. The molecule has 2 aromatic rings. The third kappa shape index (κ3) is 4.37. The summed E-state index contributed by atoms with van der Waals surface area (Å²) in [6, 6.07) is 15.4. The lowest BCUT2D eigenvalue weighted by molar-refractivity contribution is -0.127. The minimum Gasteiger partial charge on any atom is -0.394 e. The van der Waals surface area contributed by atoms with Crippen LogP contribution >= 0.6 is 0 Å². The minimum absolute atomic E-state index is 0.0179. The van der Waals surface area contributed by atoms with Crippen molar-refractivity contribution >= 4 is 11.8 Å². The second-order valence-electron chi connectivity index (χ2n) is 7.22. The normalized spacial score (nSPS) is 16.4. The molecule has 1 aliphatic rings. The Morgan fingerprint density at radius 3 is 2.19 bits per heavy atom. The van der Waals surface area contributed by atoms with E-state index in [0.29, 0.717) is 18.5 Å². The summed E-state index contributed by atoms with van der Waals surface area (Å²) >= 11 is 0. The number of aliphatic hydroxyl groups is 1. The van der Waals surface area contributed by atoms with Crippen molar-refractivity contribution in [2.24, 2.45) is 0 Å². The fraction of sp³-hybridized carbons (Fsp3) is 0.364. The van der Waals surface area contributed by atoms with Crippen LogP contribution in [0.4, 0.5) is 0 Å². The number of hydrogen-bond acceptors (Lipinski definition) is 3. The van der Waals surface area contributed by atoms with Gasteiger partial charge in [0.25, 0.3) is 5.91 Å². The average Bonchev–Trinajstić information content (AvgIpc) is 3.17. The summed E-state index contributed by atoms with van der Waals surface area (Å²) in [5, 5.41) is 9.41. The fourth-order valence-corrected chi connectivity index (χ4v) is 3.41. The molecular weight excluding hydrogens is 340 g/mol. The highest BCUT2D eigenvalue weighted by atomic mass is 16.3. The van der Waals surface area contributed by atoms with Gasteiger partial charge >= 0.3 is 0 Å². The number of benzene rings is 2. The highest BCUT2D eigenvalue weighted by Crippen LogP contribution is 2.23. The van der Waals surface area contributed by atoms with E-state index in [1.807, 2.05) is 48.5 Å². The van der Waals surface area contributed by atoms with E-state index in [9.17, 15) is 14.7 Å². The molecule has 1 atom stereocenters. The topological polar surface area (TPSA) is 60.9 Å². The number of carbonyl (C=O) groups excluding carboxylic acids is 2. The molecule has 27 heavy (non-hydrogen) atoms. The van der Waals surface area contributed by atoms with E-state index in [2.05, 4.69) is 0 Å². The predicted octanol–water partition coefficient (Wildman–Crippen LogP) is 2.58. The van der Waals surface area contributed by atoms with Crippen LogP contribution in [0.5, 0.6) is 0 Å². The summed E-state index contributed by atoms with van der Waals surface area (Å²) < 4.78 is 0. The summed E-state index contributed by atoms with van der Waals surface area (Å²) in [6.45, 7) is 0.728. The van der Waals surface area contributed by atoms with Crippen molar-refractivity contribution in [3.05, 3.63) is 59.7 Å². The second kappa shape index (κ2) is 8.35. The maximum absolute atomic E-state index is 12.6. The summed E-state index contributed by atoms with van der Waals surface area (Å²) in [6.07, 6.45) is 2.20. The summed E-state index contributed by atoms with van der Waals surface area (Å²) in [5.74, 6) is 0.0596. The SMILES string of the molecule is CN(C)C(=O)Cc1ccc(-c2ccc(C(=O)N3CCC[C@H]3CO)cc2)cc1. The molecular formula is C22H26N2O3. The van der Waals surface area contributed by atoms with Crippen LogP contribution < -0.4 is 0 Å². The Labute approximate surface area is 160 Å². The fourth-order valence-electron chi connectivity index (χ4n) is 3.41. The zero-order valence-electron chi connectivity index (χ0n) is 15.9. The standard InChI is InChI=1S/C22H26N2O3/c1-23(2)21(26)14-16-5-7-17(8-6-16)18-9-11-19(12-10-18)22(27)24-13-3-4-20(24)15-25/h5-12,20,25H,3-4,13-15H2,1-2H3/t20-/m0/s1. The Hall–Kier alpha value is -2.66. The van der Waals surface area contributed by atoms with Crippen LogP contribution in [-0.4, -0.2) is 60.0 Å². The molecule has 1 N–H and O–H groups in total. The first-order valence-corrected chi connectivity index (χ1v) is 9.31. The van der Waals surface area contributed by atoms with Gasteiger partial charge in [0.15, 0.2) is 0 Å². The first kappa shape index (κ1) is 19.1. The maximum Gasteiger partial charge on any atom is 0.254 e. The van der Waals surface area contributed by atoms with Gasteiger partial charge in [-0.1, -0.05) is 36.4 Å². The van der Waals surface area contributed by atoms with E-state index in [4.69, 9.17) is 0 Å². The van der Waals surface area contributed by atoms with Gasteiger partial charge in [-0.15, -0.1) is 0 Å². The lowest BCUT2D eigenvalue weighted by atomic mass is 10.0. The predicted molar refractivity (Wildman–Crippen MR) is 105 cm³/mol. The Balaban J connectivity index is 1.70. The number of likely N-dealkylation sites (tertiary alicyclic amines) is 1. The first-order valence-electron chi connectivity index (χ1n) is 9.31. The van der Waals surface area contributed by atoms with E-state index in [1.54, 1.807) is 23.9 Å². The van der Waals surface area contributed by atoms with Crippen molar-refractivity contribution in [1.29, 1.82) is 0 Å². The second-order valence-corrected chi connectivity index (χ2v) is 7.22. The molecule has 0 aliphatic carbocycles. The Bertz CT molecular complexity index is 797. The smallest absolute Gasteiger partial charge is 0.254 e.